The van der Waals surface area contributed by atoms with Crippen LogP contribution in [0.1, 0.15) is 47.0 Å². The van der Waals surface area contributed by atoms with E-state index < -0.39 is 10.8 Å². The molecule has 2 atom stereocenters. The van der Waals surface area contributed by atoms with Gasteiger partial charge in [0, 0.05) is 34.6 Å². The van der Waals surface area contributed by atoms with Crippen LogP contribution in [0.4, 0.5) is 0 Å². The summed E-state index contributed by atoms with van der Waals surface area (Å²) in [5.41, 5.74) is 0. The zero-order valence-corrected chi connectivity index (χ0v) is 10.5. The molecule has 14 heavy (non-hydrogen) atoms. The molecule has 0 aromatic carbocycles. The van der Waals surface area contributed by atoms with Gasteiger partial charge in [-0.05, 0) is 12.3 Å². The minimum atomic E-state index is -0.766. The molecule has 0 fully saturated rings. The zero-order valence-electron chi connectivity index (χ0n) is 9.71. The molecule has 0 aliphatic carbocycles. The van der Waals surface area contributed by atoms with Gasteiger partial charge in [-0.1, -0.05) is 27.7 Å². The molecule has 0 rings (SSSR count). The van der Waals surface area contributed by atoms with Gasteiger partial charge in [0.2, 0.25) is 0 Å². The van der Waals surface area contributed by atoms with E-state index in [1.54, 1.807) is 0 Å². The van der Waals surface area contributed by atoms with E-state index in [1.807, 2.05) is 13.8 Å². The molecule has 3 heteroatoms. The van der Waals surface area contributed by atoms with Crippen LogP contribution >= 0.6 is 0 Å². The Morgan fingerprint density at radius 1 is 1.29 bits per heavy atom. The van der Waals surface area contributed by atoms with Crippen LogP contribution in [-0.2, 0) is 15.6 Å². The van der Waals surface area contributed by atoms with Gasteiger partial charge < -0.3 is 0 Å². The van der Waals surface area contributed by atoms with E-state index in [9.17, 15) is 9.00 Å². The van der Waals surface area contributed by atoms with Crippen LogP contribution in [0.15, 0.2) is 0 Å². The lowest BCUT2D eigenvalue weighted by Gasteiger charge is -2.14. The van der Waals surface area contributed by atoms with Gasteiger partial charge >= 0.3 is 0 Å². The van der Waals surface area contributed by atoms with Crippen LogP contribution in [0.5, 0.6) is 0 Å². The summed E-state index contributed by atoms with van der Waals surface area (Å²) in [5.74, 6) is 1.40. The van der Waals surface area contributed by atoms with E-state index in [1.165, 1.54) is 0 Å². The Bertz CT molecular complexity index is 199. The summed E-state index contributed by atoms with van der Waals surface area (Å²) < 4.78 is 11.7. The Balaban J connectivity index is 3.69. The smallest absolute Gasteiger partial charge is 0.132 e. The van der Waals surface area contributed by atoms with Crippen molar-refractivity contribution in [3.05, 3.63) is 0 Å². The van der Waals surface area contributed by atoms with E-state index >= 15 is 0 Å². The molecule has 0 aromatic rings. The maximum Gasteiger partial charge on any atom is 0.132 e. The van der Waals surface area contributed by atoms with Crippen molar-refractivity contribution in [3.8, 4) is 0 Å². The summed E-state index contributed by atoms with van der Waals surface area (Å²) >= 11 is 0. The van der Waals surface area contributed by atoms with Crippen molar-refractivity contribution in [2.24, 2.45) is 5.92 Å². The normalized spacial score (nSPS) is 15.5. The lowest BCUT2D eigenvalue weighted by molar-refractivity contribution is -0.118. The molecule has 84 valence electrons. The average molecular weight is 218 g/mol. The summed E-state index contributed by atoms with van der Waals surface area (Å²) in [6, 6.07) is 0. The van der Waals surface area contributed by atoms with E-state index in [-0.39, 0.29) is 11.0 Å². The first-order valence-corrected chi connectivity index (χ1v) is 6.76. The molecule has 0 spiro atoms. The molecule has 0 aliphatic rings. The first kappa shape index (κ1) is 13.8. The van der Waals surface area contributed by atoms with Crippen molar-refractivity contribution in [2.45, 2.75) is 52.2 Å². The summed E-state index contributed by atoms with van der Waals surface area (Å²) in [6.07, 6.45) is 1.97. The van der Waals surface area contributed by atoms with Gasteiger partial charge in [0.25, 0.3) is 0 Å². The van der Waals surface area contributed by atoms with E-state index in [2.05, 4.69) is 13.8 Å². The number of hydrogen-bond donors (Lipinski definition) is 0. The van der Waals surface area contributed by atoms with Gasteiger partial charge in [0.1, 0.15) is 5.78 Å². The molecular weight excluding hydrogens is 196 g/mol. The first-order valence-electron chi connectivity index (χ1n) is 5.37. The fourth-order valence-electron chi connectivity index (χ4n) is 1.08. The minimum absolute atomic E-state index is 0.242. The number of rotatable bonds is 7. The van der Waals surface area contributed by atoms with Crippen LogP contribution in [0.25, 0.3) is 0 Å². The van der Waals surface area contributed by atoms with Crippen molar-refractivity contribution in [2.75, 3.05) is 5.75 Å². The van der Waals surface area contributed by atoms with Gasteiger partial charge in [0.05, 0.1) is 0 Å². The second kappa shape index (κ2) is 7.16. The molecule has 0 saturated heterocycles. The van der Waals surface area contributed by atoms with Gasteiger partial charge in [0.15, 0.2) is 0 Å². The van der Waals surface area contributed by atoms with Crippen molar-refractivity contribution >= 4 is 16.6 Å². The van der Waals surface area contributed by atoms with E-state index in [0.29, 0.717) is 24.5 Å². The van der Waals surface area contributed by atoms with Crippen LogP contribution in [-0.4, -0.2) is 21.0 Å². The van der Waals surface area contributed by atoms with Gasteiger partial charge in [-0.15, -0.1) is 0 Å². The van der Waals surface area contributed by atoms with Crippen LogP contribution in [0.2, 0.25) is 0 Å². The SMILES string of the molecule is CCC(=O)CCCS(=O)C(C)C(C)C. The van der Waals surface area contributed by atoms with Gasteiger partial charge in [-0.3, -0.25) is 9.00 Å². The predicted molar refractivity (Wildman–Crippen MR) is 61.8 cm³/mol. The van der Waals surface area contributed by atoms with Gasteiger partial charge in [-0.25, -0.2) is 0 Å². The maximum atomic E-state index is 11.7. The van der Waals surface area contributed by atoms with Crippen LogP contribution < -0.4 is 0 Å². The topological polar surface area (TPSA) is 34.1 Å². The average Bonchev–Trinajstić information content (AvgIpc) is 2.15. The van der Waals surface area contributed by atoms with Crippen molar-refractivity contribution in [1.82, 2.24) is 0 Å². The largest absolute Gasteiger partial charge is 0.300 e. The molecule has 0 heterocycles. The third-order valence-electron chi connectivity index (χ3n) is 2.55. The molecule has 2 nitrogen and oxygen atoms in total. The third kappa shape index (κ3) is 5.53. The highest BCUT2D eigenvalue weighted by molar-refractivity contribution is 7.85. The second-order valence-corrected chi connectivity index (χ2v) is 5.94. The highest BCUT2D eigenvalue weighted by atomic mass is 32.2. The standard InChI is InChI=1S/C11H22O2S/c1-5-11(12)7-6-8-14(13)10(4)9(2)3/h9-10H,5-8H2,1-4H3. The minimum Gasteiger partial charge on any atom is -0.300 e. The Morgan fingerprint density at radius 2 is 1.86 bits per heavy atom. The Kier molecular flexibility index (Phi) is 7.06. The van der Waals surface area contributed by atoms with Crippen LogP contribution in [0, 0.1) is 5.92 Å². The molecule has 0 amide bonds. The number of hydrogen-bond acceptors (Lipinski definition) is 2. The van der Waals surface area contributed by atoms with E-state index in [0.717, 1.165) is 6.42 Å². The Labute approximate surface area is 89.9 Å². The summed E-state index contributed by atoms with van der Waals surface area (Å²) in [7, 11) is -0.766. The summed E-state index contributed by atoms with van der Waals surface area (Å²) in [5, 5.41) is 0.242. The number of Topliss-reactive ketones (excluding diaryl/α,β-unsaturated/α-hetero) is 1. The van der Waals surface area contributed by atoms with Crippen LogP contribution in [0.3, 0.4) is 0 Å². The fourth-order valence-corrected chi connectivity index (χ4v) is 2.49. The van der Waals surface area contributed by atoms with Crippen molar-refractivity contribution in [1.29, 1.82) is 0 Å². The summed E-state index contributed by atoms with van der Waals surface area (Å²) in [6.45, 7) is 8.05. The van der Waals surface area contributed by atoms with Crippen molar-refractivity contribution < 1.29 is 9.00 Å². The quantitative estimate of drug-likeness (QED) is 0.658. The first-order chi connectivity index (χ1) is 6.49. The Hall–Kier alpha value is -0.180. The second-order valence-electron chi connectivity index (χ2n) is 4.03. The maximum absolute atomic E-state index is 11.7. The lowest BCUT2D eigenvalue weighted by Crippen LogP contribution is -2.20. The van der Waals surface area contributed by atoms with Gasteiger partial charge in [-0.2, -0.15) is 0 Å². The number of carbonyl (C=O) groups is 1. The third-order valence-corrected chi connectivity index (χ3v) is 4.61. The molecule has 2 unspecified atom stereocenters. The molecule has 0 aromatic heterocycles. The predicted octanol–water partition coefficient (Wildman–Crippen LogP) is 2.54. The lowest BCUT2D eigenvalue weighted by atomic mass is 10.2. The highest BCUT2D eigenvalue weighted by Crippen LogP contribution is 2.10. The number of ketones is 1. The zero-order chi connectivity index (χ0) is 11.1. The van der Waals surface area contributed by atoms with E-state index in [4.69, 9.17) is 0 Å². The monoisotopic (exact) mass is 218 g/mol. The summed E-state index contributed by atoms with van der Waals surface area (Å²) in [4.78, 5) is 11.0. The molecule has 0 N–H and O–H groups in total. The molecule has 0 radical (unpaired) electrons. The molecule has 0 bridgehead atoms. The molecule has 0 aliphatic heterocycles. The molecule has 0 saturated carbocycles. The Morgan fingerprint density at radius 3 is 2.29 bits per heavy atom. The highest BCUT2D eigenvalue weighted by Gasteiger charge is 2.14. The number of carbonyl (C=O) groups excluding carboxylic acids is 1. The molecular formula is C11H22O2S. The fraction of sp³-hybridized carbons (Fsp3) is 0.909. The van der Waals surface area contributed by atoms with Crippen molar-refractivity contribution in [3.63, 3.8) is 0 Å².